The highest BCUT2D eigenvalue weighted by atomic mass is 32.2. The van der Waals surface area contributed by atoms with E-state index in [-0.39, 0.29) is 11.2 Å². The third kappa shape index (κ3) is 3.66. The SMILES string of the molecule is CC(Sc1ccccc1)C(=O)Nc1ccc(-c2cn3ccsc3n2)cc1. The number of benzene rings is 2. The second-order valence-corrected chi connectivity index (χ2v) is 8.15. The predicted octanol–water partition coefficient (Wildman–Crippen LogP) is 5.18. The molecule has 0 spiro atoms. The number of fused-ring (bicyclic) bond motifs is 1. The Kier molecular flexibility index (Phi) is 4.77. The highest BCUT2D eigenvalue weighted by Gasteiger charge is 2.14. The highest BCUT2D eigenvalue weighted by Crippen LogP contribution is 2.25. The summed E-state index contributed by atoms with van der Waals surface area (Å²) in [5.41, 5.74) is 2.76. The lowest BCUT2D eigenvalue weighted by molar-refractivity contribution is -0.115. The molecule has 0 bridgehead atoms. The number of hydrogen-bond acceptors (Lipinski definition) is 4. The Balaban J connectivity index is 1.42. The van der Waals surface area contributed by atoms with Crippen LogP contribution in [0.15, 0.2) is 77.3 Å². The molecule has 0 saturated heterocycles. The summed E-state index contributed by atoms with van der Waals surface area (Å²) >= 11 is 3.16. The second-order valence-electron chi connectivity index (χ2n) is 5.86. The van der Waals surface area contributed by atoms with Crippen molar-refractivity contribution in [2.75, 3.05) is 5.32 Å². The molecule has 2 aromatic heterocycles. The summed E-state index contributed by atoms with van der Waals surface area (Å²) in [6, 6.07) is 17.8. The quantitative estimate of drug-likeness (QED) is 0.486. The minimum Gasteiger partial charge on any atom is -0.325 e. The smallest absolute Gasteiger partial charge is 0.237 e. The van der Waals surface area contributed by atoms with E-state index in [9.17, 15) is 4.79 Å². The fourth-order valence-corrected chi connectivity index (χ4v) is 4.18. The summed E-state index contributed by atoms with van der Waals surface area (Å²) < 4.78 is 2.01. The molecule has 0 fully saturated rings. The van der Waals surface area contributed by atoms with Gasteiger partial charge in [0.1, 0.15) is 0 Å². The molecule has 1 N–H and O–H groups in total. The van der Waals surface area contributed by atoms with Gasteiger partial charge in [-0.2, -0.15) is 0 Å². The maximum absolute atomic E-state index is 12.4. The van der Waals surface area contributed by atoms with E-state index in [4.69, 9.17) is 0 Å². The van der Waals surface area contributed by atoms with Crippen LogP contribution in [-0.4, -0.2) is 20.5 Å². The first kappa shape index (κ1) is 16.9. The molecule has 130 valence electrons. The standard InChI is InChI=1S/C20H17N3OS2/c1-14(26-17-5-3-2-4-6-17)19(24)21-16-9-7-15(8-10-16)18-13-23-11-12-25-20(23)22-18/h2-14H,1H3,(H,21,24). The van der Waals surface area contributed by atoms with Gasteiger partial charge in [0, 0.05) is 33.9 Å². The first-order valence-corrected chi connectivity index (χ1v) is 10.0. The number of hydrogen-bond donors (Lipinski definition) is 1. The molecule has 1 amide bonds. The van der Waals surface area contributed by atoms with Crippen molar-refractivity contribution in [1.29, 1.82) is 0 Å². The van der Waals surface area contributed by atoms with Gasteiger partial charge in [0.2, 0.25) is 5.91 Å². The maximum atomic E-state index is 12.4. The third-order valence-corrected chi connectivity index (χ3v) is 5.85. The average molecular weight is 380 g/mol. The fraction of sp³-hybridized carbons (Fsp3) is 0.100. The Bertz CT molecular complexity index is 994. The van der Waals surface area contributed by atoms with Crippen molar-refractivity contribution in [3.8, 4) is 11.3 Å². The highest BCUT2D eigenvalue weighted by molar-refractivity contribution is 8.00. The largest absolute Gasteiger partial charge is 0.325 e. The van der Waals surface area contributed by atoms with Gasteiger partial charge in [-0.05, 0) is 31.2 Å². The summed E-state index contributed by atoms with van der Waals surface area (Å²) in [5.74, 6) is -0.00546. The van der Waals surface area contributed by atoms with Gasteiger partial charge in [0.05, 0.1) is 10.9 Å². The summed E-state index contributed by atoms with van der Waals surface area (Å²) in [6.07, 6.45) is 4.01. The number of thioether (sulfide) groups is 1. The lowest BCUT2D eigenvalue weighted by atomic mass is 10.1. The molecule has 4 aromatic rings. The van der Waals surface area contributed by atoms with E-state index in [1.807, 2.05) is 83.7 Å². The van der Waals surface area contributed by atoms with Crippen LogP contribution in [0.2, 0.25) is 0 Å². The summed E-state index contributed by atoms with van der Waals surface area (Å²) in [7, 11) is 0. The number of amides is 1. The molecule has 0 aliphatic rings. The zero-order valence-electron chi connectivity index (χ0n) is 14.1. The molecule has 2 heterocycles. The molecular weight excluding hydrogens is 362 g/mol. The monoisotopic (exact) mass is 379 g/mol. The van der Waals surface area contributed by atoms with Crippen molar-refractivity contribution >= 4 is 39.7 Å². The Morgan fingerprint density at radius 1 is 1.15 bits per heavy atom. The van der Waals surface area contributed by atoms with Crippen LogP contribution in [0.1, 0.15) is 6.92 Å². The minimum atomic E-state index is -0.169. The van der Waals surface area contributed by atoms with E-state index >= 15 is 0 Å². The number of nitrogens with zero attached hydrogens (tertiary/aromatic N) is 2. The van der Waals surface area contributed by atoms with Gasteiger partial charge in [0.15, 0.2) is 4.96 Å². The van der Waals surface area contributed by atoms with Crippen molar-refractivity contribution < 1.29 is 4.79 Å². The minimum absolute atomic E-state index is 0.00546. The van der Waals surface area contributed by atoms with Gasteiger partial charge < -0.3 is 5.32 Å². The molecule has 6 heteroatoms. The summed E-state index contributed by atoms with van der Waals surface area (Å²) in [6.45, 7) is 1.92. The zero-order chi connectivity index (χ0) is 17.9. The van der Waals surface area contributed by atoms with Crippen molar-refractivity contribution in [2.24, 2.45) is 0 Å². The van der Waals surface area contributed by atoms with E-state index in [0.717, 1.165) is 26.8 Å². The van der Waals surface area contributed by atoms with E-state index < -0.39 is 0 Å². The number of carbonyl (C=O) groups is 1. The van der Waals surface area contributed by atoms with Crippen molar-refractivity contribution in [1.82, 2.24) is 9.38 Å². The molecule has 0 saturated carbocycles. The van der Waals surface area contributed by atoms with E-state index in [1.165, 1.54) is 0 Å². The van der Waals surface area contributed by atoms with Crippen molar-refractivity contribution in [3.05, 3.63) is 72.4 Å². The van der Waals surface area contributed by atoms with Crippen LogP contribution in [-0.2, 0) is 4.79 Å². The van der Waals surface area contributed by atoms with Crippen LogP contribution in [0.4, 0.5) is 5.69 Å². The van der Waals surface area contributed by atoms with Gasteiger partial charge >= 0.3 is 0 Å². The predicted molar refractivity (Wildman–Crippen MR) is 109 cm³/mol. The number of rotatable bonds is 5. The Hall–Kier alpha value is -2.57. The van der Waals surface area contributed by atoms with Gasteiger partial charge in [-0.15, -0.1) is 23.1 Å². The van der Waals surface area contributed by atoms with Crippen molar-refractivity contribution in [2.45, 2.75) is 17.1 Å². The molecule has 2 aromatic carbocycles. The molecular formula is C20H17N3OS2. The molecule has 26 heavy (non-hydrogen) atoms. The lowest BCUT2D eigenvalue weighted by Crippen LogP contribution is -2.22. The van der Waals surface area contributed by atoms with Crippen LogP contribution < -0.4 is 5.32 Å². The zero-order valence-corrected chi connectivity index (χ0v) is 15.8. The van der Waals surface area contributed by atoms with Gasteiger partial charge in [-0.1, -0.05) is 30.3 Å². The normalized spacial score (nSPS) is 12.2. The van der Waals surface area contributed by atoms with Gasteiger partial charge in [0.25, 0.3) is 0 Å². The van der Waals surface area contributed by atoms with Crippen LogP contribution >= 0.6 is 23.1 Å². The lowest BCUT2D eigenvalue weighted by Gasteiger charge is -2.12. The van der Waals surface area contributed by atoms with E-state index in [1.54, 1.807) is 23.1 Å². The Labute approximate surface area is 159 Å². The number of nitrogens with one attached hydrogen (secondary N) is 1. The average Bonchev–Trinajstić information content (AvgIpc) is 3.25. The summed E-state index contributed by atoms with van der Waals surface area (Å²) in [5, 5.41) is 4.82. The first-order valence-electron chi connectivity index (χ1n) is 8.24. The second kappa shape index (κ2) is 7.35. The van der Waals surface area contributed by atoms with Crippen LogP contribution in [0.5, 0.6) is 0 Å². The van der Waals surface area contributed by atoms with Gasteiger partial charge in [-0.25, -0.2) is 4.98 Å². The molecule has 0 aliphatic carbocycles. The topological polar surface area (TPSA) is 46.4 Å². The number of carbonyl (C=O) groups excluding carboxylic acids is 1. The number of imidazole rings is 1. The Morgan fingerprint density at radius 2 is 1.92 bits per heavy atom. The number of thiazole rings is 1. The molecule has 1 atom stereocenters. The van der Waals surface area contributed by atoms with Crippen molar-refractivity contribution in [3.63, 3.8) is 0 Å². The molecule has 4 rings (SSSR count). The molecule has 1 unspecified atom stereocenters. The number of aromatic nitrogens is 2. The van der Waals surface area contributed by atoms with Crippen LogP contribution in [0, 0.1) is 0 Å². The van der Waals surface area contributed by atoms with Gasteiger partial charge in [-0.3, -0.25) is 9.20 Å². The van der Waals surface area contributed by atoms with Crippen LogP contribution in [0.25, 0.3) is 16.2 Å². The van der Waals surface area contributed by atoms with E-state index in [2.05, 4.69) is 10.3 Å². The number of anilines is 1. The first-order chi connectivity index (χ1) is 12.7. The third-order valence-electron chi connectivity index (χ3n) is 3.97. The summed E-state index contributed by atoms with van der Waals surface area (Å²) in [4.78, 5) is 19.1. The molecule has 4 nitrogen and oxygen atoms in total. The molecule has 0 aliphatic heterocycles. The van der Waals surface area contributed by atoms with E-state index in [0.29, 0.717) is 0 Å². The van der Waals surface area contributed by atoms with Crippen LogP contribution in [0.3, 0.4) is 0 Å². The fourth-order valence-electron chi connectivity index (χ4n) is 2.59. The Morgan fingerprint density at radius 3 is 2.65 bits per heavy atom. The molecule has 0 radical (unpaired) electrons. The maximum Gasteiger partial charge on any atom is 0.237 e.